The number of carbonyl (C=O) groups excluding carboxylic acids is 5. The third kappa shape index (κ3) is 4.26. The Kier molecular flexibility index (Phi) is 6.18. The molecular formula is C25H19N3O6. The lowest BCUT2D eigenvalue weighted by Crippen LogP contribution is -2.41. The van der Waals surface area contributed by atoms with Crippen molar-refractivity contribution in [2.24, 2.45) is 0 Å². The molecule has 0 aliphatic carbocycles. The van der Waals surface area contributed by atoms with E-state index in [0.717, 1.165) is 10.3 Å². The van der Waals surface area contributed by atoms with Gasteiger partial charge in [0.25, 0.3) is 17.7 Å². The minimum Gasteiger partial charge on any atom is -0.452 e. The number of carbonyl (C=O) groups is 5. The van der Waals surface area contributed by atoms with E-state index < -0.39 is 36.3 Å². The van der Waals surface area contributed by atoms with Gasteiger partial charge in [-0.3, -0.25) is 19.7 Å². The third-order valence-corrected chi connectivity index (χ3v) is 5.13. The summed E-state index contributed by atoms with van der Waals surface area (Å²) in [6, 6.07) is 15.5. The standard InChI is InChI=1S/C25H19N3O6/c1-2-13-26-25(33)27-20(29)14-34-24(32)16-9-11-17(12-10-16)28-22(30)18-7-3-5-15-6-4-8-19(21(15)18)23(28)31/h2-12H,1,13-14H2,(H2,26,27,29,33). The van der Waals surface area contributed by atoms with Gasteiger partial charge in [-0.1, -0.05) is 30.3 Å². The normalized spacial score (nSPS) is 12.3. The average Bonchev–Trinajstić information content (AvgIpc) is 2.85. The number of nitrogens with one attached hydrogen (secondary N) is 2. The summed E-state index contributed by atoms with van der Waals surface area (Å²) in [6.45, 7) is 2.94. The molecule has 0 bridgehead atoms. The molecule has 0 radical (unpaired) electrons. The van der Waals surface area contributed by atoms with E-state index in [-0.39, 0.29) is 17.8 Å². The number of benzene rings is 3. The molecule has 0 atom stereocenters. The van der Waals surface area contributed by atoms with E-state index in [1.807, 2.05) is 17.4 Å². The Labute approximate surface area is 194 Å². The van der Waals surface area contributed by atoms with Gasteiger partial charge in [0.2, 0.25) is 0 Å². The second-order valence-electron chi connectivity index (χ2n) is 7.32. The molecular weight excluding hydrogens is 438 g/mol. The Balaban J connectivity index is 1.45. The molecule has 5 amide bonds. The first-order valence-corrected chi connectivity index (χ1v) is 10.3. The van der Waals surface area contributed by atoms with Crippen LogP contribution in [0.5, 0.6) is 0 Å². The van der Waals surface area contributed by atoms with Crippen molar-refractivity contribution in [3.63, 3.8) is 0 Å². The largest absolute Gasteiger partial charge is 0.452 e. The molecule has 0 unspecified atom stereocenters. The van der Waals surface area contributed by atoms with Crippen molar-refractivity contribution in [2.45, 2.75) is 0 Å². The maximum atomic E-state index is 13.1. The summed E-state index contributed by atoms with van der Waals surface area (Å²) >= 11 is 0. The van der Waals surface area contributed by atoms with Crippen molar-refractivity contribution in [3.05, 3.63) is 90.0 Å². The fraction of sp³-hybridized carbons (Fsp3) is 0.0800. The van der Waals surface area contributed by atoms with Gasteiger partial charge in [-0.25, -0.2) is 14.5 Å². The van der Waals surface area contributed by atoms with Crippen LogP contribution in [0.2, 0.25) is 0 Å². The number of nitrogens with zero attached hydrogens (tertiary/aromatic N) is 1. The summed E-state index contributed by atoms with van der Waals surface area (Å²) in [7, 11) is 0. The molecule has 0 aromatic heterocycles. The van der Waals surface area contributed by atoms with E-state index in [9.17, 15) is 24.0 Å². The van der Waals surface area contributed by atoms with Gasteiger partial charge in [-0.2, -0.15) is 0 Å². The van der Waals surface area contributed by atoms with Crippen LogP contribution in [0.15, 0.2) is 73.3 Å². The fourth-order valence-electron chi connectivity index (χ4n) is 3.60. The van der Waals surface area contributed by atoms with Crippen LogP contribution in [0, 0.1) is 0 Å². The first-order chi connectivity index (χ1) is 16.4. The van der Waals surface area contributed by atoms with Crippen molar-refractivity contribution in [1.29, 1.82) is 0 Å². The molecule has 9 heteroatoms. The summed E-state index contributed by atoms with van der Waals surface area (Å²) in [5.74, 6) is -2.53. The zero-order valence-electron chi connectivity index (χ0n) is 17.9. The molecule has 34 heavy (non-hydrogen) atoms. The van der Waals surface area contributed by atoms with Gasteiger partial charge >= 0.3 is 12.0 Å². The zero-order chi connectivity index (χ0) is 24.2. The molecule has 0 saturated carbocycles. The monoisotopic (exact) mass is 457 g/mol. The van der Waals surface area contributed by atoms with Crippen molar-refractivity contribution < 1.29 is 28.7 Å². The fourth-order valence-corrected chi connectivity index (χ4v) is 3.60. The van der Waals surface area contributed by atoms with Crippen LogP contribution in [0.4, 0.5) is 10.5 Å². The smallest absolute Gasteiger partial charge is 0.338 e. The Morgan fingerprint density at radius 1 is 0.912 bits per heavy atom. The predicted octanol–water partition coefficient (Wildman–Crippen LogP) is 2.81. The Hall–Kier alpha value is -4.79. The number of imide groups is 2. The first-order valence-electron chi connectivity index (χ1n) is 10.3. The number of ether oxygens (including phenoxy) is 1. The highest BCUT2D eigenvalue weighted by atomic mass is 16.5. The molecule has 2 N–H and O–H groups in total. The van der Waals surface area contributed by atoms with Gasteiger partial charge in [-0.15, -0.1) is 6.58 Å². The van der Waals surface area contributed by atoms with Crippen molar-refractivity contribution in [3.8, 4) is 0 Å². The van der Waals surface area contributed by atoms with Gasteiger partial charge in [0.05, 0.1) is 11.3 Å². The number of amides is 5. The minimum absolute atomic E-state index is 0.104. The summed E-state index contributed by atoms with van der Waals surface area (Å²) in [5, 5.41) is 5.78. The molecule has 0 saturated heterocycles. The quantitative estimate of drug-likeness (QED) is 0.334. The molecule has 9 nitrogen and oxygen atoms in total. The van der Waals surface area contributed by atoms with Crippen LogP contribution in [0.3, 0.4) is 0 Å². The topological polar surface area (TPSA) is 122 Å². The van der Waals surface area contributed by atoms with E-state index in [0.29, 0.717) is 16.5 Å². The van der Waals surface area contributed by atoms with Gasteiger partial charge in [0.15, 0.2) is 6.61 Å². The molecule has 3 aromatic carbocycles. The van der Waals surface area contributed by atoms with E-state index in [2.05, 4.69) is 11.9 Å². The van der Waals surface area contributed by atoms with Crippen LogP contribution in [0.25, 0.3) is 10.8 Å². The molecule has 0 spiro atoms. The van der Waals surface area contributed by atoms with Crippen LogP contribution < -0.4 is 15.5 Å². The maximum Gasteiger partial charge on any atom is 0.338 e. The lowest BCUT2D eigenvalue weighted by molar-refractivity contribution is -0.123. The minimum atomic E-state index is -0.806. The van der Waals surface area contributed by atoms with Crippen LogP contribution >= 0.6 is 0 Å². The second kappa shape index (κ2) is 9.37. The predicted molar refractivity (Wildman–Crippen MR) is 124 cm³/mol. The molecule has 1 aliphatic heterocycles. The summed E-state index contributed by atoms with van der Waals surface area (Å²) < 4.78 is 4.91. The Morgan fingerprint density at radius 3 is 2.12 bits per heavy atom. The first kappa shape index (κ1) is 22.4. The highest BCUT2D eigenvalue weighted by Gasteiger charge is 2.33. The second-order valence-corrected chi connectivity index (χ2v) is 7.32. The number of rotatable bonds is 6. The Morgan fingerprint density at radius 2 is 1.53 bits per heavy atom. The van der Waals surface area contributed by atoms with Gasteiger partial charge in [0, 0.05) is 23.1 Å². The van der Waals surface area contributed by atoms with E-state index in [4.69, 9.17) is 4.74 Å². The molecule has 170 valence electrons. The summed E-state index contributed by atoms with van der Waals surface area (Å²) in [5.41, 5.74) is 1.22. The lowest BCUT2D eigenvalue weighted by Gasteiger charge is -2.27. The molecule has 3 aromatic rings. The van der Waals surface area contributed by atoms with Gasteiger partial charge in [0.1, 0.15) is 0 Å². The average molecular weight is 457 g/mol. The zero-order valence-corrected chi connectivity index (χ0v) is 17.9. The molecule has 1 aliphatic rings. The SMILES string of the molecule is C=CCNC(=O)NC(=O)COC(=O)c1ccc(N2C(=O)c3cccc4cccc(c34)C2=O)cc1. The number of esters is 1. The van der Waals surface area contributed by atoms with Crippen LogP contribution in [-0.2, 0) is 9.53 Å². The van der Waals surface area contributed by atoms with Crippen LogP contribution in [0.1, 0.15) is 31.1 Å². The Bertz CT molecular complexity index is 1300. The van der Waals surface area contributed by atoms with Crippen molar-refractivity contribution in [1.82, 2.24) is 10.6 Å². The van der Waals surface area contributed by atoms with E-state index >= 15 is 0 Å². The van der Waals surface area contributed by atoms with E-state index in [1.54, 1.807) is 24.3 Å². The van der Waals surface area contributed by atoms with Crippen molar-refractivity contribution >= 4 is 46.2 Å². The van der Waals surface area contributed by atoms with Crippen LogP contribution in [-0.4, -0.2) is 42.9 Å². The maximum absolute atomic E-state index is 13.1. The molecule has 0 fully saturated rings. The summed E-state index contributed by atoms with van der Waals surface area (Å²) in [6.07, 6.45) is 1.44. The van der Waals surface area contributed by atoms with Crippen molar-refractivity contribution in [2.75, 3.05) is 18.1 Å². The van der Waals surface area contributed by atoms with E-state index in [1.165, 1.54) is 30.3 Å². The highest BCUT2D eigenvalue weighted by Crippen LogP contribution is 2.32. The number of hydrogen-bond donors (Lipinski definition) is 2. The van der Waals surface area contributed by atoms with Gasteiger partial charge < -0.3 is 10.1 Å². The third-order valence-electron chi connectivity index (χ3n) is 5.13. The number of anilines is 1. The van der Waals surface area contributed by atoms with Gasteiger partial charge in [-0.05, 0) is 41.8 Å². The highest BCUT2D eigenvalue weighted by molar-refractivity contribution is 6.35. The molecule has 4 rings (SSSR count). The number of hydrogen-bond acceptors (Lipinski definition) is 6. The number of urea groups is 1. The summed E-state index contributed by atoms with van der Waals surface area (Å²) in [4.78, 5) is 62.6. The molecule has 1 heterocycles. The lowest BCUT2D eigenvalue weighted by atomic mass is 9.94.